The van der Waals surface area contributed by atoms with Crippen molar-refractivity contribution in [3.63, 3.8) is 0 Å². The number of aromatic nitrogens is 3. The predicted molar refractivity (Wildman–Crippen MR) is 125 cm³/mol. The smallest absolute Gasteiger partial charge is 0.259 e. The number of nitrogens with one attached hydrogen (secondary N) is 2. The molecule has 0 fully saturated rings. The number of carbonyl (C=O) groups is 2. The number of hydrogen-bond acceptors (Lipinski definition) is 5. The second kappa shape index (κ2) is 10.4. The van der Waals surface area contributed by atoms with Crippen LogP contribution in [0.15, 0.2) is 85.5 Å². The van der Waals surface area contributed by atoms with Gasteiger partial charge in [0.2, 0.25) is 5.91 Å². The summed E-state index contributed by atoms with van der Waals surface area (Å²) in [6.07, 6.45) is 2.84. The molecule has 9 heteroatoms. The van der Waals surface area contributed by atoms with Crippen molar-refractivity contribution in [1.29, 1.82) is 0 Å². The molecule has 0 saturated heterocycles. The van der Waals surface area contributed by atoms with Crippen LogP contribution in [0.2, 0.25) is 0 Å². The van der Waals surface area contributed by atoms with Crippen molar-refractivity contribution < 1.29 is 18.7 Å². The average Bonchev–Trinajstić information content (AvgIpc) is 3.39. The molecule has 3 aromatic carbocycles. The highest BCUT2D eigenvalue weighted by Crippen LogP contribution is 2.22. The number of anilines is 2. The number of nitrogens with zero attached hydrogens (tertiary/aromatic N) is 3. The molecule has 0 aliphatic heterocycles. The zero-order valence-corrected chi connectivity index (χ0v) is 18.3. The number of benzene rings is 3. The van der Waals surface area contributed by atoms with Gasteiger partial charge in [0.1, 0.15) is 36.9 Å². The van der Waals surface area contributed by atoms with E-state index in [0.717, 1.165) is 5.56 Å². The maximum atomic E-state index is 13.1. The van der Waals surface area contributed by atoms with Gasteiger partial charge in [0.25, 0.3) is 5.91 Å². The lowest BCUT2D eigenvalue weighted by atomic mass is 10.1. The van der Waals surface area contributed by atoms with E-state index < -0.39 is 6.04 Å². The molecule has 1 aromatic heterocycles. The van der Waals surface area contributed by atoms with E-state index >= 15 is 0 Å². The van der Waals surface area contributed by atoms with Crippen LogP contribution >= 0.6 is 0 Å². The highest BCUT2D eigenvalue weighted by Gasteiger charge is 2.16. The highest BCUT2D eigenvalue weighted by molar-refractivity contribution is 6.06. The van der Waals surface area contributed by atoms with Gasteiger partial charge in [-0.3, -0.25) is 9.59 Å². The van der Waals surface area contributed by atoms with Crippen LogP contribution in [-0.2, 0) is 11.4 Å². The van der Waals surface area contributed by atoms with Crippen molar-refractivity contribution in [2.75, 3.05) is 10.6 Å². The Hall–Kier alpha value is -4.53. The first kappa shape index (κ1) is 22.7. The topological polar surface area (TPSA) is 98.1 Å². The van der Waals surface area contributed by atoms with Crippen molar-refractivity contribution in [1.82, 2.24) is 14.8 Å². The molecule has 1 atom stereocenters. The summed E-state index contributed by atoms with van der Waals surface area (Å²) < 4.78 is 20.3. The maximum Gasteiger partial charge on any atom is 0.259 e. The van der Waals surface area contributed by atoms with Gasteiger partial charge >= 0.3 is 0 Å². The van der Waals surface area contributed by atoms with Gasteiger partial charge in [0.15, 0.2) is 0 Å². The van der Waals surface area contributed by atoms with E-state index in [9.17, 15) is 14.0 Å². The number of rotatable bonds is 8. The number of para-hydroxylation sites is 1. The second-order valence-corrected chi connectivity index (χ2v) is 7.48. The summed E-state index contributed by atoms with van der Waals surface area (Å²) in [5, 5.41) is 9.60. The summed E-state index contributed by atoms with van der Waals surface area (Å²) in [5.74, 6) is -0.491. The molecule has 0 saturated carbocycles. The summed E-state index contributed by atoms with van der Waals surface area (Å²) in [6, 6.07) is 19.1. The number of ether oxygens (including phenoxy) is 1. The summed E-state index contributed by atoms with van der Waals surface area (Å²) in [6.45, 7) is 1.92. The van der Waals surface area contributed by atoms with Crippen LogP contribution in [0.4, 0.5) is 15.8 Å². The van der Waals surface area contributed by atoms with E-state index in [0.29, 0.717) is 22.7 Å². The minimum atomic E-state index is -0.520. The molecule has 2 N–H and O–H groups in total. The lowest BCUT2D eigenvalue weighted by Crippen LogP contribution is -2.24. The Labute approximate surface area is 195 Å². The van der Waals surface area contributed by atoms with Gasteiger partial charge in [-0.15, -0.1) is 0 Å². The maximum absolute atomic E-state index is 13.1. The normalized spacial score (nSPS) is 11.5. The van der Waals surface area contributed by atoms with Crippen molar-refractivity contribution in [3.8, 4) is 5.75 Å². The minimum absolute atomic E-state index is 0.200. The van der Waals surface area contributed by atoms with E-state index in [1.807, 2.05) is 0 Å². The number of hydrogen-bond donors (Lipinski definition) is 2. The van der Waals surface area contributed by atoms with Crippen molar-refractivity contribution in [3.05, 3.63) is 102 Å². The van der Waals surface area contributed by atoms with Gasteiger partial charge in [0.05, 0.1) is 5.56 Å². The Morgan fingerprint density at radius 1 is 0.971 bits per heavy atom. The Bertz CT molecular complexity index is 1260. The third kappa shape index (κ3) is 5.63. The second-order valence-electron chi connectivity index (χ2n) is 7.48. The van der Waals surface area contributed by atoms with Crippen molar-refractivity contribution >= 4 is 23.2 Å². The van der Waals surface area contributed by atoms with Gasteiger partial charge < -0.3 is 15.4 Å². The fraction of sp³-hybridized carbons (Fsp3) is 0.120. The van der Waals surface area contributed by atoms with Crippen molar-refractivity contribution in [2.24, 2.45) is 0 Å². The first-order chi connectivity index (χ1) is 16.5. The van der Waals surface area contributed by atoms with Crippen LogP contribution in [0.25, 0.3) is 0 Å². The lowest BCUT2D eigenvalue weighted by Gasteiger charge is -2.13. The SMILES string of the molecule is C[C@@H](C(=O)Nc1ccc(NC(=O)c2ccccc2OCc2ccc(F)cc2)cc1)n1cncn1. The van der Waals surface area contributed by atoms with Crippen LogP contribution in [-0.4, -0.2) is 26.6 Å². The Balaban J connectivity index is 1.37. The Kier molecular flexibility index (Phi) is 6.92. The summed E-state index contributed by atoms with van der Waals surface area (Å²) in [4.78, 5) is 29.1. The molecule has 4 rings (SSSR count). The Morgan fingerprint density at radius 2 is 1.65 bits per heavy atom. The van der Waals surface area contributed by atoms with Crippen LogP contribution in [0.5, 0.6) is 5.75 Å². The molecule has 0 spiro atoms. The Morgan fingerprint density at radius 3 is 2.32 bits per heavy atom. The molecule has 34 heavy (non-hydrogen) atoms. The summed E-state index contributed by atoms with van der Waals surface area (Å²) >= 11 is 0. The van der Waals surface area contributed by atoms with Crippen LogP contribution in [0, 0.1) is 5.82 Å². The average molecular weight is 459 g/mol. The van der Waals surface area contributed by atoms with E-state index in [-0.39, 0.29) is 24.2 Å². The van der Waals surface area contributed by atoms with Gasteiger partial charge in [-0.2, -0.15) is 5.10 Å². The fourth-order valence-corrected chi connectivity index (χ4v) is 3.14. The first-order valence-corrected chi connectivity index (χ1v) is 10.5. The molecule has 0 aliphatic carbocycles. The monoisotopic (exact) mass is 459 g/mol. The molecule has 4 aromatic rings. The van der Waals surface area contributed by atoms with Gasteiger partial charge in [-0.25, -0.2) is 14.1 Å². The van der Waals surface area contributed by atoms with Gasteiger partial charge in [-0.1, -0.05) is 24.3 Å². The minimum Gasteiger partial charge on any atom is -0.488 e. The summed E-state index contributed by atoms with van der Waals surface area (Å²) in [5.41, 5.74) is 2.29. The van der Waals surface area contributed by atoms with E-state index in [4.69, 9.17) is 4.74 Å². The van der Waals surface area contributed by atoms with E-state index in [2.05, 4.69) is 20.7 Å². The molecule has 0 unspecified atom stereocenters. The quantitative estimate of drug-likeness (QED) is 0.406. The molecule has 2 amide bonds. The molecule has 0 aliphatic rings. The van der Waals surface area contributed by atoms with Gasteiger partial charge in [-0.05, 0) is 61.0 Å². The molecular formula is C25H22FN5O3. The highest BCUT2D eigenvalue weighted by atomic mass is 19.1. The standard InChI is InChI=1S/C25H22FN5O3/c1-17(31-16-27-15-28-31)24(32)29-20-10-12-21(13-11-20)30-25(33)22-4-2-3-5-23(22)34-14-18-6-8-19(26)9-7-18/h2-13,15-17H,14H2,1H3,(H,29,32)(H,30,33)/t17-/m0/s1. The van der Waals surface area contributed by atoms with Crippen molar-refractivity contribution in [2.45, 2.75) is 19.6 Å². The van der Waals surface area contributed by atoms with Gasteiger partial charge in [0, 0.05) is 11.4 Å². The number of amides is 2. The molecule has 172 valence electrons. The molecule has 1 heterocycles. The number of halogens is 1. The zero-order chi connectivity index (χ0) is 23.9. The summed E-state index contributed by atoms with van der Waals surface area (Å²) in [7, 11) is 0. The molecule has 0 bridgehead atoms. The van der Waals surface area contributed by atoms with Crippen LogP contribution < -0.4 is 15.4 Å². The third-order valence-corrected chi connectivity index (χ3v) is 5.06. The zero-order valence-electron chi connectivity index (χ0n) is 18.3. The predicted octanol–water partition coefficient (Wildman–Crippen LogP) is 4.45. The van der Waals surface area contributed by atoms with E-state index in [1.54, 1.807) is 67.6 Å². The lowest BCUT2D eigenvalue weighted by molar-refractivity contribution is -0.119. The molecule has 0 radical (unpaired) electrons. The molecule has 8 nitrogen and oxygen atoms in total. The van der Waals surface area contributed by atoms with Crippen LogP contribution in [0.1, 0.15) is 28.9 Å². The number of carbonyl (C=O) groups excluding carboxylic acids is 2. The molecular weight excluding hydrogens is 437 g/mol. The largest absolute Gasteiger partial charge is 0.488 e. The third-order valence-electron chi connectivity index (χ3n) is 5.06. The first-order valence-electron chi connectivity index (χ1n) is 10.5. The fourth-order valence-electron chi connectivity index (χ4n) is 3.14. The van der Waals surface area contributed by atoms with Crippen LogP contribution in [0.3, 0.4) is 0 Å². The van der Waals surface area contributed by atoms with E-state index in [1.165, 1.54) is 29.5 Å².